The fraction of sp³-hybridized carbons (Fsp3) is 0. The standard InChI is InChI=1S/C64H40N6/c1-9-30-53-44(21-1)45-22-2-10-31-54(45)67(53)42-20-17-19-41(39-42)43-29-18-38-61(68-55-32-11-3-23-46(55)47-24-4-12-33-56(47)68)63(43)52-40-62(69-57-34-13-5-25-48(57)49-26-6-14-35-58(49)69)66-64(65-52)70-59-36-15-7-27-50(59)51-28-8-16-37-60(51)70/h1-40H/i5D,6D,7D,8D,13D,14D,15D,16D,25D,26D,27D,28D,34D,35D,36D,37D. The van der Waals surface area contributed by atoms with Gasteiger partial charge in [0.25, 0.3) is 0 Å². The van der Waals surface area contributed by atoms with Crippen LogP contribution in [0.4, 0.5) is 0 Å². The summed E-state index contributed by atoms with van der Waals surface area (Å²) in [5.74, 6) is -0.690. The SMILES string of the molecule is [2H]c1c([2H])c([2H])c2c(c1[2H])c1c([2H])c([2H])c([2H])c([2H])c1n2-c1cc(-c2c(-c3cccc(-n4c5ccccc5c5ccccc54)c3)cccc2-n2c3ccccc3c3ccccc32)nc(-n2c3c([2H])c([2H])c([2H])c([2H])c3c3c([2H])c([2H])c([2H])c([2H])c32)n1. The van der Waals surface area contributed by atoms with Crippen LogP contribution in [0.25, 0.3) is 133 Å². The monoisotopic (exact) mass is 908 g/mol. The molecule has 0 bridgehead atoms. The Balaban J connectivity index is 1.17. The predicted molar refractivity (Wildman–Crippen MR) is 290 cm³/mol. The van der Waals surface area contributed by atoms with Gasteiger partial charge in [-0.2, -0.15) is 4.98 Å². The lowest BCUT2D eigenvalue weighted by molar-refractivity contribution is 0.951. The molecule has 0 aliphatic rings. The van der Waals surface area contributed by atoms with E-state index in [0.29, 0.717) is 22.4 Å². The van der Waals surface area contributed by atoms with Crippen LogP contribution in [0.5, 0.6) is 0 Å². The van der Waals surface area contributed by atoms with Crippen molar-refractivity contribution >= 4 is 87.2 Å². The number of rotatable bonds is 6. The molecular weight excluding hydrogens is 853 g/mol. The molecule has 70 heavy (non-hydrogen) atoms. The molecule has 6 nitrogen and oxygen atoms in total. The van der Waals surface area contributed by atoms with E-state index >= 15 is 0 Å². The lowest BCUT2D eigenvalue weighted by atomic mass is 9.95. The summed E-state index contributed by atoms with van der Waals surface area (Å²) < 4.78 is 154. The normalized spacial score (nSPS) is 15.2. The zero-order chi connectivity index (χ0) is 59.8. The second kappa shape index (κ2) is 15.0. The Labute approximate surface area is 424 Å². The van der Waals surface area contributed by atoms with E-state index in [1.54, 1.807) is 0 Å². The molecule has 0 spiro atoms. The van der Waals surface area contributed by atoms with Crippen molar-refractivity contribution in [2.45, 2.75) is 0 Å². The lowest BCUT2D eigenvalue weighted by Gasteiger charge is -2.20. The number of fused-ring (bicyclic) bond motifs is 12. The average Bonchev–Trinajstić information content (AvgIpc) is 1.64. The van der Waals surface area contributed by atoms with Crippen molar-refractivity contribution in [3.63, 3.8) is 0 Å². The van der Waals surface area contributed by atoms with Gasteiger partial charge in [-0.15, -0.1) is 0 Å². The van der Waals surface area contributed by atoms with E-state index in [9.17, 15) is 11.0 Å². The molecule has 0 saturated heterocycles. The molecule has 0 aliphatic heterocycles. The average molecular weight is 909 g/mol. The number of hydrogen-bond acceptors (Lipinski definition) is 2. The summed E-state index contributed by atoms with van der Waals surface area (Å²) in [5, 5.41) is 2.91. The molecule has 0 N–H and O–H groups in total. The molecular formula is C64H40N6. The van der Waals surface area contributed by atoms with Crippen LogP contribution in [0, 0.1) is 0 Å². The van der Waals surface area contributed by atoms with E-state index in [1.807, 2.05) is 109 Å². The minimum atomic E-state index is -0.699. The van der Waals surface area contributed by atoms with Crippen LogP contribution in [-0.2, 0) is 0 Å². The number of nitrogens with zero attached hydrogens (tertiary/aromatic N) is 6. The summed E-state index contributed by atoms with van der Waals surface area (Å²) in [6, 6.07) is 36.9. The molecule has 326 valence electrons. The number of para-hydroxylation sites is 8. The Morgan fingerprint density at radius 1 is 0.329 bits per heavy atom. The van der Waals surface area contributed by atoms with Gasteiger partial charge in [0.15, 0.2) is 0 Å². The Kier molecular flexibility index (Phi) is 5.60. The third kappa shape index (κ3) is 5.56. The van der Waals surface area contributed by atoms with E-state index in [4.69, 9.17) is 20.9 Å². The molecule has 10 aromatic carbocycles. The smallest absolute Gasteiger partial charge is 0.237 e. The first-order valence-electron chi connectivity index (χ1n) is 30.5. The third-order valence-electron chi connectivity index (χ3n) is 13.3. The van der Waals surface area contributed by atoms with Gasteiger partial charge in [-0.25, -0.2) is 4.98 Å². The van der Waals surface area contributed by atoms with Crippen molar-refractivity contribution in [3.05, 3.63) is 242 Å². The van der Waals surface area contributed by atoms with Crippen molar-refractivity contribution in [2.75, 3.05) is 0 Å². The first-order chi connectivity index (χ1) is 41.4. The highest BCUT2D eigenvalue weighted by atomic mass is 15.2. The second-order valence-electron chi connectivity index (χ2n) is 17.0. The van der Waals surface area contributed by atoms with Gasteiger partial charge in [-0.05, 0) is 77.8 Å². The molecule has 15 rings (SSSR count). The van der Waals surface area contributed by atoms with Crippen molar-refractivity contribution in [3.8, 4) is 45.5 Å². The fourth-order valence-corrected chi connectivity index (χ4v) is 10.5. The molecule has 0 aliphatic carbocycles. The Morgan fingerprint density at radius 3 is 1.29 bits per heavy atom. The van der Waals surface area contributed by atoms with Crippen LogP contribution in [0.1, 0.15) is 21.9 Å². The Hall–Kier alpha value is -9.52. The molecule has 5 heterocycles. The number of hydrogen-bond donors (Lipinski definition) is 0. The van der Waals surface area contributed by atoms with E-state index in [0.717, 1.165) is 53.9 Å². The highest BCUT2D eigenvalue weighted by Gasteiger charge is 2.25. The van der Waals surface area contributed by atoms with Crippen LogP contribution >= 0.6 is 0 Å². The van der Waals surface area contributed by atoms with Gasteiger partial charge >= 0.3 is 0 Å². The van der Waals surface area contributed by atoms with Crippen molar-refractivity contribution in [1.82, 2.24) is 28.2 Å². The predicted octanol–water partition coefficient (Wildman–Crippen LogP) is 16.2. The van der Waals surface area contributed by atoms with Gasteiger partial charge in [-0.3, -0.25) is 9.13 Å². The van der Waals surface area contributed by atoms with Crippen LogP contribution < -0.4 is 0 Å². The summed E-state index contributed by atoms with van der Waals surface area (Å²) in [6.45, 7) is 0. The largest absolute Gasteiger partial charge is 0.309 e. The van der Waals surface area contributed by atoms with E-state index in [2.05, 4.69) is 39.5 Å². The number of aromatic nitrogens is 6. The minimum Gasteiger partial charge on any atom is -0.309 e. The zero-order valence-electron chi connectivity index (χ0n) is 52.5. The van der Waals surface area contributed by atoms with E-state index < -0.39 is 103 Å². The molecule has 0 fully saturated rings. The molecule has 6 heteroatoms. The van der Waals surface area contributed by atoms with Crippen LogP contribution in [0.2, 0.25) is 0 Å². The first-order valence-corrected chi connectivity index (χ1v) is 22.5. The molecule has 5 aromatic heterocycles. The fourth-order valence-electron chi connectivity index (χ4n) is 10.5. The molecule has 0 saturated carbocycles. The third-order valence-corrected chi connectivity index (χ3v) is 13.3. The van der Waals surface area contributed by atoms with Crippen LogP contribution in [0.15, 0.2) is 242 Å². The van der Waals surface area contributed by atoms with Gasteiger partial charge in [0, 0.05) is 60.4 Å². The van der Waals surface area contributed by atoms with E-state index in [1.165, 1.54) is 10.6 Å². The van der Waals surface area contributed by atoms with Gasteiger partial charge in [-0.1, -0.05) is 170 Å². The minimum absolute atomic E-state index is 0.0630. The Morgan fingerprint density at radius 2 is 0.771 bits per heavy atom. The molecule has 0 radical (unpaired) electrons. The number of benzene rings is 10. The maximum absolute atomic E-state index is 9.57. The highest BCUT2D eigenvalue weighted by molar-refractivity contribution is 6.13. The summed E-state index contributed by atoms with van der Waals surface area (Å²) in [6.07, 6.45) is 0. The van der Waals surface area contributed by atoms with Gasteiger partial charge in [0.2, 0.25) is 5.95 Å². The molecule has 0 unspecified atom stereocenters. The zero-order valence-corrected chi connectivity index (χ0v) is 36.5. The quantitative estimate of drug-likeness (QED) is 0.167. The first kappa shape index (κ1) is 26.1. The summed E-state index contributed by atoms with van der Waals surface area (Å²) in [5.41, 5.74) is 5.41. The molecule has 0 amide bonds. The second-order valence-corrected chi connectivity index (χ2v) is 17.0. The van der Waals surface area contributed by atoms with Crippen LogP contribution in [0.3, 0.4) is 0 Å². The van der Waals surface area contributed by atoms with Crippen molar-refractivity contribution in [1.29, 1.82) is 0 Å². The van der Waals surface area contributed by atoms with Crippen LogP contribution in [-0.4, -0.2) is 28.2 Å². The molecule has 0 atom stereocenters. The maximum Gasteiger partial charge on any atom is 0.237 e. The maximum atomic E-state index is 9.57. The van der Waals surface area contributed by atoms with Gasteiger partial charge in [0.05, 0.1) is 77.4 Å². The summed E-state index contributed by atoms with van der Waals surface area (Å²) in [7, 11) is 0. The van der Waals surface area contributed by atoms with Crippen molar-refractivity contribution < 1.29 is 21.9 Å². The highest BCUT2D eigenvalue weighted by Crippen LogP contribution is 2.44. The topological polar surface area (TPSA) is 45.5 Å². The summed E-state index contributed by atoms with van der Waals surface area (Å²) in [4.78, 5) is 10.5. The van der Waals surface area contributed by atoms with Gasteiger partial charge < -0.3 is 9.13 Å². The lowest BCUT2D eigenvalue weighted by Crippen LogP contribution is -2.09. The van der Waals surface area contributed by atoms with Crippen molar-refractivity contribution in [2.24, 2.45) is 0 Å². The molecule has 15 aromatic rings. The van der Waals surface area contributed by atoms with Gasteiger partial charge in [0.1, 0.15) is 5.82 Å². The van der Waals surface area contributed by atoms with E-state index in [-0.39, 0.29) is 55.1 Å². The summed E-state index contributed by atoms with van der Waals surface area (Å²) >= 11 is 0. The Bertz CT molecular complexity index is 5140.